The molecule has 2 atom stereocenters. The van der Waals surface area contributed by atoms with E-state index < -0.39 is 10.0 Å². The van der Waals surface area contributed by atoms with E-state index in [0.29, 0.717) is 22.6 Å². The van der Waals surface area contributed by atoms with Gasteiger partial charge in [0.2, 0.25) is 10.0 Å². The molecular formula is C18H21ClN2O3S. The molecule has 5 nitrogen and oxygen atoms in total. The first kappa shape index (κ1) is 18.2. The minimum absolute atomic E-state index is 0.0414. The van der Waals surface area contributed by atoms with Crippen molar-refractivity contribution in [1.29, 1.82) is 0 Å². The maximum Gasteiger partial charge on any atom is 0.240 e. The average Bonchev–Trinajstić information content (AvgIpc) is 2.57. The quantitative estimate of drug-likeness (QED) is 0.832. The van der Waals surface area contributed by atoms with Gasteiger partial charge in [-0.05, 0) is 62.7 Å². The van der Waals surface area contributed by atoms with Gasteiger partial charge in [0.15, 0.2) is 0 Å². The lowest BCUT2D eigenvalue weighted by Crippen LogP contribution is -2.46. The number of hydrogen-bond acceptors (Lipinski definition) is 4. The fraction of sp³-hybridized carbons (Fsp3) is 0.333. The van der Waals surface area contributed by atoms with Crippen molar-refractivity contribution in [2.75, 3.05) is 6.54 Å². The van der Waals surface area contributed by atoms with Crippen LogP contribution in [0.4, 0.5) is 0 Å². The normalized spacial score (nSPS) is 21.0. The topological polar surface area (TPSA) is 67.4 Å². The summed E-state index contributed by atoms with van der Waals surface area (Å²) in [5.41, 5.74) is 0. The third-order valence-corrected chi connectivity index (χ3v) is 5.99. The highest BCUT2D eigenvalue weighted by Gasteiger charge is 2.24. The number of sulfonamides is 1. The number of benzene rings is 2. The lowest BCUT2D eigenvalue weighted by atomic mass is 10.0. The van der Waals surface area contributed by atoms with E-state index in [1.54, 1.807) is 36.4 Å². The van der Waals surface area contributed by atoms with Crippen LogP contribution in [0.3, 0.4) is 0 Å². The molecule has 3 rings (SSSR count). The van der Waals surface area contributed by atoms with Crippen molar-refractivity contribution in [2.45, 2.75) is 36.7 Å². The fourth-order valence-corrected chi connectivity index (χ4v) is 4.33. The van der Waals surface area contributed by atoms with Crippen molar-refractivity contribution in [1.82, 2.24) is 10.0 Å². The SMILES string of the molecule is CC1CC(NS(=O)(=O)c2ccc(Oc3ccccc3Cl)cc2)CCN1. The summed E-state index contributed by atoms with van der Waals surface area (Å²) in [4.78, 5) is 0.227. The van der Waals surface area contributed by atoms with Crippen molar-refractivity contribution < 1.29 is 13.2 Å². The fourth-order valence-electron chi connectivity index (χ4n) is 2.87. The van der Waals surface area contributed by atoms with Gasteiger partial charge in [-0.15, -0.1) is 0 Å². The van der Waals surface area contributed by atoms with E-state index in [1.807, 2.05) is 12.1 Å². The van der Waals surface area contributed by atoms with E-state index in [2.05, 4.69) is 17.0 Å². The number of halogens is 1. The number of nitrogens with one attached hydrogen (secondary N) is 2. The van der Waals surface area contributed by atoms with E-state index in [4.69, 9.17) is 16.3 Å². The van der Waals surface area contributed by atoms with Gasteiger partial charge < -0.3 is 10.1 Å². The predicted molar refractivity (Wildman–Crippen MR) is 98.8 cm³/mol. The van der Waals surface area contributed by atoms with Crippen LogP contribution in [0.25, 0.3) is 0 Å². The average molecular weight is 381 g/mol. The molecule has 0 radical (unpaired) electrons. The summed E-state index contributed by atoms with van der Waals surface area (Å²) in [6.45, 7) is 2.88. The van der Waals surface area contributed by atoms with Crippen LogP contribution in [0.1, 0.15) is 19.8 Å². The largest absolute Gasteiger partial charge is 0.456 e. The summed E-state index contributed by atoms with van der Waals surface area (Å²) in [7, 11) is -3.54. The Bertz CT molecular complexity index is 824. The van der Waals surface area contributed by atoms with E-state index in [9.17, 15) is 8.42 Å². The van der Waals surface area contributed by atoms with Gasteiger partial charge in [-0.2, -0.15) is 0 Å². The van der Waals surface area contributed by atoms with E-state index in [1.165, 1.54) is 0 Å². The van der Waals surface area contributed by atoms with Gasteiger partial charge in [-0.1, -0.05) is 23.7 Å². The van der Waals surface area contributed by atoms with Crippen LogP contribution in [0.5, 0.6) is 11.5 Å². The smallest absolute Gasteiger partial charge is 0.240 e. The Morgan fingerprint density at radius 2 is 1.88 bits per heavy atom. The second-order valence-corrected chi connectivity index (χ2v) is 8.32. The van der Waals surface area contributed by atoms with Crippen LogP contribution in [0, 0.1) is 0 Å². The van der Waals surface area contributed by atoms with Gasteiger partial charge in [0.05, 0.1) is 9.92 Å². The predicted octanol–water partition coefficient (Wildman–Crippen LogP) is 3.55. The Morgan fingerprint density at radius 3 is 2.56 bits per heavy atom. The molecule has 1 fully saturated rings. The molecule has 2 unspecified atom stereocenters. The van der Waals surface area contributed by atoms with E-state index in [0.717, 1.165) is 19.4 Å². The molecule has 1 heterocycles. The van der Waals surface area contributed by atoms with Crippen LogP contribution in [-0.4, -0.2) is 27.0 Å². The molecule has 0 aromatic heterocycles. The van der Waals surface area contributed by atoms with Gasteiger partial charge in [-0.3, -0.25) is 0 Å². The Kier molecular flexibility index (Phi) is 5.64. The monoisotopic (exact) mass is 380 g/mol. The standard InChI is InChI=1S/C18H21ClN2O3S/c1-13-12-14(10-11-20-13)21-25(22,23)16-8-6-15(7-9-16)24-18-5-3-2-4-17(18)19/h2-9,13-14,20-21H,10-12H2,1H3. The van der Waals surface area contributed by atoms with Crippen molar-refractivity contribution in [3.05, 3.63) is 53.6 Å². The van der Waals surface area contributed by atoms with Gasteiger partial charge >= 0.3 is 0 Å². The van der Waals surface area contributed by atoms with E-state index in [-0.39, 0.29) is 10.9 Å². The third kappa shape index (κ3) is 4.73. The molecule has 0 spiro atoms. The lowest BCUT2D eigenvalue weighted by molar-refractivity contribution is 0.361. The lowest BCUT2D eigenvalue weighted by Gasteiger charge is -2.28. The highest BCUT2D eigenvalue weighted by Crippen LogP contribution is 2.29. The first-order chi connectivity index (χ1) is 11.9. The Hall–Kier alpha value is -1.60. The molecule has 1 saturated heterocycles. The molecule has 1 aliphatic rings. The third-order valence-electron chi connectivity index (χ3n) is 4.14. The summed E-state index contributed by atoms with van der Waals surface area (Å²) in [5.74, 6) is 1.06. The zero-order chi connectivity index (χ0) is 17.9. The molecule has 2 aromatic carbocycles. The summed E-state index contributed by atoms with van der Waals surface area (Å²) >= 11 is 6.06. The van der Waals surface area contributed by atoms with Gasteiger partial charge in [-0.25, -0.2) is 13.1 Å². The Labute approximate surface area is 153 Å². The summed E-state index contributed by atoms with van der Waals surface area (Å²) in [6.07, 6.45) is 1.57. The van der Waals surface area contributed by atoms with Crippen molar-refractivity contribution in [2.24, 2.45) is 0 Å². The number of ether oxygens (including phenoxy) is 1. The van der Waals surface area contributed by atoms with Crippen molar-refractivity contribution in [3.63, 3.8) is 0 Å². The summed E-state index contributed by atoms with van der Waals surface area (Å²) in [6, 6.07) is 13.7. The molecule has 25 heavy (non-hydrogen) atoms. The van der Waals surface area contributed by atoms with Crippen LogP contribution in [-0.2, 0) is 10.0 Å². The summed E-state index contributed by atoms with van der Waals surface area (Å²) < 4.78 is 33.6. The maximum atomic E-state index is 12.5. The molecule has 0 amide bonds. The number of para-hydroxylation sites is 1. The summed E-state index contributed by atoms with van der Waals surface area (Å²) in [5, 5.41) is 3.81. The molecule has 2 N–H and O–H groups in total. The van der Waals surface area contributed by atoms with Gasteiger partial charge in [0.25, 0.3) is 0 Å². The number of rotatable bonds is 5. The molecule has 134 valence electrons. The Morgan fingerprint density at radius 1 is 1.16 bits per heavy atom. The highest BCUT2D eigenvalue weighted by molar-refractivity contribution is 7.89. The molecule has 7 heteroatoms. The molecule has 1 aliphatic heterocycles. The minimum Gasteiger partial charge on any atom is -0.456 e. The van der Waals surface area contributed by atoms with E-state index >= 15 is 0 Å². The zero-order valence-corrected chi connectivity index (χ0v) is 15.5. The minimum atomic E-state index is -3.54. The number of piperidine rings is 1. The molecular weight excluding hydrogens is 360 g/mol. The van der Waals surface area contributed by atoms with Crippen molar-refractivity contribution in [3.8, 4) is 11.5 Å². The zero-order valence-electron chi connectivity index (χ0n) is 13.9. The molecule has 2 aromatic rings. The maximum absolute atomic E-state index is 12.5. The molecule has 0 saturated carbocycles. The molecule has 0 bridgehead atoms. The highest BCUT2D eigenvalue weighted by atomic mass is 35.5. The molecule has 0 aliphatic carbocycles. The first-order valence-corrected chi connectivity index (χ1v) is 10.1. The van der Waals surface area contributed by atoms with Crippen LogP contribution < -0.4 is 14.8 Å². The Balaban J connectivity index is 1.69. The second kappa shape index (κ2) is 7.74. The van der Waals surface area contributed by atoms with Crippen molar-refractivity contribution >= 4 is 21.6 Å². The number of hydrogen-bond donors (Lipinski definition) is 2. The van der Waals surface area contributed by atoms with Crippen LogP contribution in [0.15, 0.2) is 53.4 Å². The van der Waals surface area contributed by atoms with Crippen LogP contribution in [0.2, 0.25) is 5.02 Å². The van der Waals surface area contributed by atoms with Gasteiger partial charge in [0.1, 0.15) is 11.5 Å². The first-order valence-electron chi connectivity index (χ1n) is 8.22. The van der Waals surface area contributed by atoms with Gasteiger partial charge in [0, 0.05) is 12.1 Å². The van der Waals surface area contributed by atoms with Crippen LogP contribution >= 0.6 is 11.6 Å². The second-order valence-electron chi connectivity index (χ2n) is 6.20.